The minimum Gasteiger partial charge on any atom is -0.349 e. The van der Waals surface area contributed by atoms with Crippen molar-refractivity contribution in [2.75, 3.05) is 5.32 Å². The molecule has 4 nitrogen and oxygen atoms in total. The van der Waals surface area contributed by atoms with Gasteiger partial charge in [0.25, 0.3) is 17.6 Å². The SMILES string of the molecule is O=C(NC1CC1)c1cccc(NC(=O)c2ccccc2SC(F)F)c1. The molecule has 3 rings (SSSR count). The first-order chi connectivity index (χ1) is 12.0. The molecule has 1 fully saturated rings. The van der Waals surface area contributed by atoms with E-state index in [-0.39, 0.29) is 22.4 Å². The molecule has 130 valence electrons. The normalized spacial score (nSPS) is 13.6. The fourth-order valence-corrected chi connectivity index (χ4v) is 2.92. The summed E-state index contributed by atoms with van der Waals surface area (Å²) in [6.45, 7) is 0. The van der Waals surface area contributed by atoms with Crippen molar-refractivity contribution in [3.8, 4) is 0 Å². The molecule has 1 aliphatic rings. The molecule has 25 heavy (non-hydrogen) atoms. The van der Waals surface area contributed by atoms with Crippen molar-refractivity contribution in [2.24, 2.45) is 0 Å². The molecule has 0 aliphatic heterocycles. The minimum absolute atomic E-state index is 0.167. The highest BCUT2D eigenvalue weighted by atomic mass is 32.2. The van der Waals surface area contributed by atoms with E-state index in [1.165, 1.54) is 12.1 Å². The monoisotopic (exact) mass is 362 g/mol. The van der Waals surface area contributed by atoms with Gasteiger partial charge in [-0.2, -0.15) is 8.78 Å². The van der Waals surface area contributed by atoms with Crippen LogP contribution in [-0.2, 0) is 0 Å². The van der Waals surface area contributed by atoms with Gasteiger partial charge in [-0.3, -0.25) is 9.59 Å². The van der Waals surface area contributed by atoms with Crippen molar-refractivity contribution in [3.63, 3.8) is 0 Å². The Morgan fingerprint density at radius 2 is 1.80 bits per heavy atom. The van der Waals surface area contributed by atoms with Crippen LogP contribution in [0.25, 0.3) is 0 Å². The van der Waals surface area contributed by atoms with Gasteiger partial charge in [-0.1, -0.05) is 30.0 Å². The highest BCUT2D eigenvalue weighted by molar-refractivity contribution is 7.99. The van der Waals surface area contributed by atoms with Gasteiger partial charge in [0, 0.05) is 22.2 Å². The maximum Gasteiger partial charge on any atom is 0.288 e. The maximum atomic E-state index is 12.6. The van der Waals surface area contributed by atoms with Crippen LogP contribution in [0.2, 0.25) is 0 Å². The van der Waals surface area contributed by atoms with Crippen LogP contribution < -0.4 is 10.6 Å². The summed E-state index contributed by atoms with van der Waals surface area (Å²) in [6.07, 6.45) is 1.97. The molecule has 0 heterocycles. The number of alkyl halides is 2. The first-order valence-electron chi connectivity index (χ1n) is 7.79. The Bertz CT molecular complexity index is 794. The number of hydrogen-bond acceptors (Lipinski definition) is 3. The van der Waals surface area contributed by atoms with E-state index in [0.29, 0.717) is 23.0 Å². The second kappa shape index (κ2) is 7.65. The van der Waals surface area contributed by atoms with E-state index < -0.39 is 11.7 Å². The van der Waals surface area contributed by atoms with Gasteiger partial charge >= 0.3 is 0 Å². The molecule has 7 heteroatoms. The van der Waals surface area contributed by atoms with Gasteiger partial charge in [-0.05, 0) is 43.2 Å². The van der Waals surface area contributed by atoms with Gasteiger partial charge in [-0.15, -0.1) is 0 Å². The highest BCUT2D eigenvalue weighted by Gasteiger charge is 2.24. The fraction of sp³-hybridized carbons (Fsp3) is 0.222. The molecule has 0 radical (unpaired) electrons. The third-order valence-electron chi connectivity index (χ3n) is 3.64. The van der Waals surface area contributed by atoms with E-state index in [2.05, 4.69) is 10.6 Å². The molecule has 2 aromatic rings. The Morgan fingerprint density at radius 1 is 1.04 bits per heavy atom. The molecule has 0 saturated heterocycles. The molecule has 0 aromatic heterocycles. The standard InChI is InChI=1S/C18H16F2N2O2S/c19-18(20)25-15-7-2-1-6-14(15)17(24)22-13-5-3-4-11(10-13)16(23)21-12-8-9-12/h1-7,10,12,18H,8-9H2,(H,21,23)(H,22,24). The number of hydrogen-bond donors (Lipinski definition) is 2. The number of amides is 2. The van der Waals surface area contributed by atoms with E-state index >= 15 is 0 Å². The number of rotatable bonds is 6. The molecular formula is C18H16F2N2O2S. The highest BCUT2D eigenvalue weighted by Crippen LogP contribution is 2.29. The first-order valence-corrected chi connectivity index (χ1v) is 8.67. The number of anilines is 1. The maximum absolute atomic E-state index is 12.6. The lowest BCUT2D eigenvalue weighted by Gasteiger charge is -2.10. The molecule has 0 bridgehead atoms. The second-order valence-electron chi connectivity index (χ2n) is 5.66. The van der Waals surface area contributed by atoms with Crippen molar-refractivity contribution in [3.05, 3.63) is 59.7 Å². The summed E-state index contributed by atoms with van der Waals surface area (Å²) in [4.78, 5) is 24.7. The zero-order valence-corrected chi connectivity index (χ0v) is 14.0. The summed E-state index contributed by atoms with van der Waals surface area (Å²) >= 11 is 0.327. The Morgan fingerprint density at radius 3 is 2.52 bits per heavy atom. The minimum atomic E-state index is -2.61. The predicted octanol–water partition coefficient (Wildman–Crippen LogP) is 4.15. The van der Waals surface area contributed by atoms with E-state index in [1.54, 1.807) is 36.4 Å². The van der Waals surface area contributed by atoms with Gasteiger partial charge < -0.3 is 10.6 Å². The summed E-state index contributed by atoms with van der Waals surface area (Å²) in [5.41, 5.74) is 1.05. The zero-order valence-electron chi connectivity index (χ0n) is 13.2. The summed E-state index contributed by atoms with van der Waals surface area (Å²) in [6, 6.07) is 13.0. The Hall–Kier alpha value is -2.41. The average molecular weight is 362 g/mol. The third kappa shape index (κ3) is 4.79. The molecule has 0 spiro atoms. The molecular weight excluding hydrogens is 346 g/mol. The molecule has 2 aromatic carbocycles. The zero-order chi connectivity index (χ0) is 17.8. The number of halogens is 2. The predicted molar refractivity (Wildman–Crippen MR) is 93.2 cm³/mol. The Kier molecular flexibility index (Phi) is 5.33. The van der Waals surface area contributed by atoms with Crippen LogP contribution >= 0.6 is 11.8 Å². The third-order valence-corrected chi connectivity index (χ3v) is 4.43. The molecule has 2 N–H and O–H groups in total. The number of carbonyl (C=O) groups is 2. The summed E-state index contributed by atoms with van der Waals surface area (Å²) in [5.74, 6) is -3.29. The van der Waals surface area contributed by atoms with Crippen LogP contribution in [0.15, 0.2) is 53.4 Å². The van der Waals surface area contributed by atoms with Crippen molar-refractivity contribution in [1.82, 2.24) is 5.32 Å². The fourth-order valence-electron chi connectivity index (χ4n) is 2.29. The first kappa shape index (κ1) is 17.4. The van der Waals surface area contributed by atoms with Gasteiger partial charge in [0.05, 0.1) is 5.56 Å². The lowest BCUT2D eigenvalue weighted by molar-refractivity contribution is 0.0949. The number of benzene rings is 2. The largest absolute Gasteiger partial charge is 0.349 e. The van der Waals surface area contributed by atoms with Crippen molar-refractivity contribution in [1.29, 1.82) is 0 Å². The average Bonchev–Trinajstić information content (AvgIpc) is 3.39. The molecule has 2 amide bonds. The molecule has 1 aliphatic carbocycles. The smallest absolute Gasteiger partial charge is 0.288 e. The summed E-state index contributed by atoms with van der Waals surface area (Å²) in [5, 5.41) is 5.53. The van der Waals surface area contributed by atoms with Crippen LogP contribution in [0, 0.1) is 0 Å². The molecule has 1 saturated carbocycles. The molecule has 0 atom stereocenters. The lowest BCUT2D eigenvalue weighted by atomic mass is 10.1. The van der Waals surface area contributed by atoms with Gasteiger partial charge in [0.15, 0.2) is 0 Å². The van der Waals surface area contributed by atoms with Crippen molar-refractivity contribution in [2.45, 2.75) is 29.5 Å². The van der Waals surface area contributed by atoms with E-state index in [1.807, 2.05) is 0 Å². The van der Waals surface area contributed by atoms with Gasteiger partial charge in [-0.25, -0.2) is 0 Å². The van der Waals surface area contributed by atoms with E-state index in [9.17, 15) is 18.4 Å². The van der Waals surface area contributed by atoms with Crippen molar-refractivity contribution < 1.29 is 18.4 Å². The molecule has 0 unspecified atom stereocenters. The number of nitrogens with one attached hydrogen (secondary N) is 2. The second-order valence-corrected chi connectivity index (χ2v) is 6.69. The van der Waals surface area contributed by atoms with Crippen LogP contribution in [0.5, 0.6) is 0 Å². The van der Waals surface area contributed by atoms with Crippen molar-refractivity contribution >= 4 is 29.3 Å². The quantitative estimate of drug-likeness (QED) is 0.759. The van der Waals surface area contributed by atoms with Gasteiger partial charge in [0.2, 0.25) is 0 Å². The van der Waals surface area contributed by atoms with E-state index in [0.717, 1.165) is 12.8 Å². The summed E-state index contributed by atoms with van der Waals surface area (Å²) < 4.78 is 25.3. The number of carbonyl (C=O) groups excluding carboxylic acids is 2. The lowest BCUT2D eigenvalue weighted by Crippen LogP contribution is -2.25. The Balaban J connectivity index is 1.74. The Labute approximate surface area is 148 Å². The van der Waals surface area contributed by atoms with Crippen LogP contribution in [-0.4, -0.2) is 23.6 Å². The van der Waals surface area contributed by atoms with Gasteiger partial charge in [0.1, 0.15) is 0 Å². The topological polar surface area (TPSA) is 58.2 Å². The van der Waals surface area contributed by atoms with Crippen LogP contribution in [0.1, 0.15) is 33.6 Å². The van der Waals surface area contributed by atoms with E-state index in [4.69, 9.17) is 0 Å². The number of thioether (sulfide) groups is 1. The van der Waals surface area contributed by atoms with Crippen LogP contribution in [0.3, 0.4) is 0 Å². The van der Waals surface area contributed by atoms with Crippen LogP contribution in [0.4, 0.5) is 14.5 Å². The summed E-state index contributed by atoms with van der Waals surface area (Å²) in [7, 11) is 0.